The quantitative estimate of drug-likeness (QED) is 0.392. The summed E-state index contributed by atoms with van der Waals surface area (Å²) in [6.07, 6.45) is 1.30. The molecule has 6 nitrogen and oxygen atoms in total. The highest BCUT2D eigenvalue weighted by atomic mass is 35.5. The monoisotopic (exact) mass is 341 g/mol. The first-order valence-corrected chi connectivity index (χ1v) is 7.22. The number of nitriles is 1. The lowest BCUT2D eigenvalue weighted by atomic mass is 10.1. The van der Waals surface area contributed by atoms with E-state index in [9.17, 15) is 20.2 Å². The maximum absolute atomic E-state index is 12.2. The van der Waals surface area contributed by atoms with E-state index >= 15 is 0 Å². The van der Waals surface area contributed by atoms with Crippen molar-refractivity contribution < 1.29 is 9.72 Å². The molecule has 2 rings (SSSR count). The van der Waals surface area contributed by atoms with Crippen LogP contribution in [0.1, 0.15) is 11.1 Å². The molecule has 0 fully saturated rings. The maximum Gasteiger partial charge on any atom is 0.272 e. The van der Waals surface area contributed by atoms with Gasteiger partial charge in [-0.1, -0.05) is 29.8 Å². The van der Waals surface area contributed by atoms with Crippen LogP contribution < -0.4 is 5.32 Å². The number of rotatable bonds is 4. The second kappa shape index (κ2) is 7.40. The molecule has 0 saturated carbocycles. The Morgan fingerprint density at radius 1 is 1.33 bits per heavy atom. The molecule has 0 aliphatic rings. The van der Waals surface area contributed by atoms with Crippen molar-refractivity contribution in [2.45, 2.75) is 6.92 Å². The Balaban J connectivity index is 2.29. The summed E-state index contributed by atoms with van der Waals surface area (Å²) in [5, 5.41) is 23.2. The first kappa shape index (κ1) is 17.2. The highest BCUT2D eigenvalue weighted by Gasteiger charge is 2.13. The van der Waals surface area contributed by atoms with Crippen molar-refractivity contribution in [3.63, 3.8) is 0 Å². The highest BCUT2D eigenvalue weighted by Crippen LogP contribution is 2.21. The van der Waals surface area contributed by atoms with Crippen molar-refractivity contribution in [2.75, 3.05) is 5.32 Å². The molecule has 120 valence electrons. The van der Waals surface area contributed by atoms with Gasteiger partial charge in [-0.3, -0.25) is 14.9 Å². The summed E-state index contributed by atoms with van der Waals surface area (Å²) in [5.74, 6) is -0.622. The number of nitrogens with zero attached hydrogens (tertiary/aromatic N) is 2. The predicted molar refractivity (Wildman–Crippen MR) is 91.5 cm³/mol. The third-order valence-corrected chi connectivity index (χ3v) is 3.42. The number of hydrogen-bond acceptors (Lipinski definition) is 4. The zero-order valence-corrected chi connectivity index (χ0v) is 13.4. The molecule has 0 unspecified atom stereocenters. The summed E-state index contributed by atoms with van der Waals surface area (Å²) in [6, 6.07) is 12.8. The molecule has 0 saturated heterocycles. The fourth-order valence-electron chi connectivity index (χ4n) is 1.99. The Morgan fingerprint density at radius 3 is 2.71 bits per heavy atom. The Bertz CT molecular complexity index is 885. The summed E-state index contributed by atoms with van der Waals surface area (Å²) >= 11 is 5.84. The number of carbonyl (C=O) groups is 1. The van der Waals surface area contributed by atoms with Gasteiger partial charge in [0.1, 0.15) is 11.6 Å². The van der Waals surface area contributed by atoms with Gasteiger partial charge in [-0.25, -0.2) is 0 Å². The molecule has 1 N–H and O–H groups in total. The first-order valence-electron chi connectivity index (χ1n) is 6.84. The molecule has 0 aliphatic heterocycles. The van der Waals surface area contributed by atoms with Crippen LogP contribution in [0.3, 0.4) is 0 Å². The minimum atomic E-state index is -0.622. The largest absolute Gasteiger partial charge is 0.321 e. The van der Waals surface area contributed by atoms with Crippen LogP contribution in [0.15, 0.2) is 48.0 Å². The number of aryl methyl sites for hydroxylation is 1. The maximum atomic E-state index is 12.2. The molecule has 24 heavy (non-hydrogen) atoms. The van der Waals surface area contributed by atoms with E-state index in [-0.39, 0.29) is 11.3 Å². The second-order valence-corrected chi connectivity index (χ2v) is 5.37. The summed E-state index contributed by atoms with van der Waals surface area (Å²) in [4.78, 5) is 22.6. The molecule has 1 amide bonds. The molecule has 0 heterocycles. The van der Waals surface area contributed by atoms with Gasteiger partial charge in [0.15, 0.2) is 0 Å². The van der Waals surface area contributed by atoms with Gasteiger partial charge in [-0.2, -0.15) is 5.26 Å². The number of halogens is 1. The average Bonchev–Trinajstić information content (AvgIpc) is 2.53. The van der Waals surface area contributed by atoms with Gasteiger partial charge in [0.25, 0.3) is 11.6 Å². The zero-order valence-electron chi connectivity index (χ0n) is 12.6. The van der Waals surface area contributed by atoms with Crippen molar-refractivity contribution in [3.8, 4) is 6.07 Å². The van der Waals surface area contributed by atoms with Crippen molar-refractivity contribution in [1.82, 2.24) is 0 Å². The molecular weight excluding hydrogens is 330 g/mol. The average molecular weight is 342 g/mol. The zero-order chi connectivity index (χ0) is 17.7. The van der Waals surface area contributed by atoms with Crippen LogP contribution in [-0.2, 0) is 4.79 Å². The van der Waals surface area contributed by atoms with E-state index in [0.717, 1.165) is 0 Å². The molecule has 0 atom stereocenters. The van der Waals surface area contributed by atoms with E-state index in [1.807, 2.05) is 0 Å². The number of anilines is 1. The van der Waals surface area contributed by atoms with Gasteiger partial charge in [0, 0.05) is 22.3 Å². The lowest BCUT2D eigenvalue weighted by Crippen LogP contribution is -2.13. The van der Waals surface area contributed by atoms with Crippen molar-refractivity contribution >= 4 is 35.0 Å². The minimum absolute atomic E-state index is 0.0729. The van der Waals surface area contributed by atoms with Crippen LogP contribution in [0.4, 0.5) is 11.4 Å². The van der Waals surface area contributed by atoms with Gasteiger partial charge in [0.05, 0.1) is 4.92 Å². The number of nitro benzene ring substituents is 1. The number of hydrogen-bond donors (Lipinski definition) is 1. The van der Waals surface area contributed by atoms with Crippen molar-refractivity contribution in [2.24, 2.45) is 0 Å². The second-order valence-electron chi connectivity index (χ2n) is 4.94. The van der Waals surface area contributed by atoms with E-state index in [0.29, 0.717) is 21.8 Å². The third kappa shape index (κ3) is 4.18. The van der Waals surface area contributed by atoms with Crippen LogP contribution in [0.2, 0.25) is 5.02 Å². The molecule has 0 spiro atoms. The normalized spacial score (nSPS) is 10.8. The van der Waals surface area contributed by atoms with E-state index in [2.05, 4.69) is 5.32 Å². The number of nitrogens with one attached hydrogen (secondary N) is 1. The smallest absolute Gasteiger partial charge is 0.272 e. The van der Waals surface area contributed by atoms with E-state index in [1.54, 1.807) is 49.4 Å². The summed E-state index contributed by atoms with van der Waals surface area (Å²) in [5.41, 5.74) is 1.09. The number of nitro groups is 1. The molecular formula is C17H12ClN3O3. The van der Waals surface area contributed by atoms with Gasteiger partial charge < -0.3 is 5.32 Å². The summed E-state index contributed by atoms with van der Waals surface area (Å²) < 4.78 is 0. The Hall–Kier alpha value is -3.17. The number of benzene rings is 2. The Kier molecular flexibility index (Phi) is 5.30. The SMILES string of the molecule is Cc1ccc(/C=C(\C#N)C(=O)Nc2cccc(Cl)c2)cc1[N+](=O)[O-]. The molecule has 7 heteroatoms. The molecule has 0 radical (unpaired) electrons. The highest BCUT2D eigenvalue weighted by molar-refractivity contribution is 6.31. The van der Waals surface area contributed by atoms with Gasteiger partial charge >= 0.3 is 0 Å². The summed E-state index contributed by atoms with van der Waals surface area (Å²) in [7, 11) is 0. The van der Waals surface area contributed by atoms with Crippen molar-refractivity contribution in [1.29, 1.82) is 5.26 Å². The van der Waals surface area contributed by atoms with Gasteiger partial charge in [-0.05, 0) is 36.8 Å². The number of carbonyl (C=O) groups excluding carboxylic acids is 1. The lowest BCUT2D eigenvalue weighted by Gasteiger charge is -2.05. The fraction of sp³-hybridized carbons (Fsp3) is 0.0588. The minimum Gasteiger partial charge on any atom is -0.321 e. The van der Waals surface area contributed by atoms with Crippen molar-refractivity contribution in [3.05, 3.63) is 74.3 Å². The lowest BCUT2D eigenvalue weighted by molar-refractivity contribution is -0.385. The molecule has 2 aromatic carbocycles. The fourth-order valence-corrected chi connectivity index (χ4v) is 2.18. The molecule has 2 aromatic rings. The Morgan fingerprint density at radius 2 is 2.08 bits per heavy atom. The van der Waals surface area contributed by atoms with Gasteiger partial charge in [-0.15, -0.1) is 0 Å². The summed E-state index contributed by atoms with van der Waals surface area (Å²) in [6.45, 7) is 1.61. The van der Waals surface area contributed by atoms with Crippen LogP contribution in [0.5, 0.6) is 0 Å². The van der Waals surface area contributed by atoms with Gasteiger partial charge in [0.2, 0.25) is 0 Å². The molecule has 0 bridgehead atoms. The van der Waals surface area contributed by atoms with Crippen LogP contribution >= 0.6 is 11.6 Å². The van der Waals surface area contributed by atoms with Crippen LogP contribution in [0, 0.1) is 28.4 Å². The molecule has 0 aromatic heterocycles. The molecule has 0 aliphatic carbocycles. The van der Waals surface area contributed by atoms with Crippen LogP contribution in [0.25, 0.3) is 6.08 Å². The number of amides is 1. The third-order valence-electron chi connectivity index (χ3n) is 3.19. The van der Waals surface area contributed by atoms with E-state index in [4.69, 9.17) is 11.6 Å². The van der Waals surface area contributed by atoms with E-state index in [1.165, 1.54) is 12.1 Å². The predicted octanol–water partition coefficient (Wildman–Crippen LogP) is 4.10. The van der Waals surface area contributed by atoms with Crippen LogP contribution in [-0.4, -0.2) is 10.8 Å². The Labute approximate surface area is 143 Å². The first-order chi connectivity index (χ1) is 11.4. The topological polar surface area (TPSA) is 96.0 Å². The van der Waals surface area contributed by atoms with E-state index < -0.39 is 10.8 Å². The standard InChI is InChI=1S/C17H12ClN3O3/c1-11-5-6-12(8-16(11)21(23)24)7-13(10-19)17(22)20-15-4-2-3-14(18)9-15/h2-9H,1H3,(H,20,22)/b13-7+.